The van der Waals surface area contributed by atoms with Crippen LogP contribution >= 0.6 is 0 Å². The average molecular weight is 669 g/mol. The van der Waals surface area contributed by atoms with Gasteiger partial charge in [-0.05, 0) is 79.8 Å². The molecule has 11 nitrogen and oxygen atoms in total. The monoisotopic (exact) mass is 668 g/mol. The van der Waals surface area contributed by atoms with E-state index in [1.807, 2.05) is 53.6 Å². The van der Waals surface area contributed by atoms with Crippen LogP contribution in [0.25, 0.3) is 39.1 Å². The molecule has 0 bridgehead atoms. The minimum atomic E-state index is -0.764. The predicted octanol–water partition coefficient (Wildman–Crippen LogP) is 5.55. The fourth-order valence-electron chi connectivity index (χ4n) is 7.24. The van der Waals surface area contributed by atoms with Crippen molar-refractivity contribution in [2.24, 2.45) is 5.41 Å². The number of hydrogen-bond donors (Lipinski definition) is 2. The molecule has 3 aromatic heterocycles. The van der Waals surface area contributed by atoms with Crippen molar-refractivity contribution < 1.29 is 14.3 Å². The molecule has 1 aliphatic carbocycles. The average Bonchev–Trinajstić information content (AvgIpc) is 3.81. The third kappa shape index (κ3) is 6.54. The molecule has 3 aliphatic rings. The molecule has 2 amide bonds. The van der Waals surface area contributed by atoms with Crippen LogP contribution in [0.5, 0.6) is 0 Å². The Morgan fingerprint density at radius 2 is 1.78 bits per heavy atom. The second-order valence-electron chi connectivity index (χ2n) is 13.7. The first-order chi connectivity index (χ1) is 24.5. The maximum Gasteiger partial charge on any atom is 0.237 e. The second kappa shape index (κ2) is 13.6. The number of H-pyrrole nitrogens is 1. The normalized spacial score (nSPS) is 19.5. The lowest BCUT2D eigenvalue weighted by Gasteiger charge is -2.30. The van der Waals surface area contributed by atoms with Crippen molar-refractivity contribution in [1.29, 1.82) is 0 Å². The van der Waals surface area contributed by atoms with Gasteiger partial charge in [0.2, 0.25) is 11.8 Å². The molecule has 5 aromatic rings. The molecule has 0 spiro atoms. The van der Waals surface area contributed by atoms with Crippen molar-refractivity contribution in [3.05, 3.63) is 96.6 Å². The summed E-state index contributed by atoms with van der Waals surface area (Å²) in [5, 5.41) is 11.8. The first-order valence-corrected chi connectivity index (χ1v) is 17.3. The number of nitrogens with zero attached hydrogens (tertiary/aromatic N) is 6. The number of fused-ring (bicyclic) bond motifs is 1. The number of carbonyl (C=O) groups is 2. The van der Waals surface area contributed by atoms with Crippen LogP contribution in [-0.2, 0) is 14.3 Å². The lowest BCUT2D eigenvalue weighted by atomic mass is 9.87. The van der Waals surface area contributed by atoms with Gasteiger partial charge in [-0.25, -0.2) is 9.97 Å². The van der Waals surface area contributed by atoms with E-state index in [-0.39, 0.29) is 25.0 Å². The maximum absolute atomic E-state index is 13.9. The van der Waals surface area contributed by atoms with E-state index in [0.29, 0.717) is 50.0 Å². The molecule has 2 fully saturated rings. The highest BCUT2D eigenvalue weighted by atomic mass is 16.5. The highest BCUT2D eigenvalue weighted by molar-refractivity contribution is 6.00. The Morgan fingerprint density at radius 3 is 2.54 bits per heavy atom. The van der Waals surface area contributed by atoms with Crippen LogP contribution < -0.4 is 5.32 Å². The summed E-state index contributed by atoms with van der Waals surface area (Å²) in [6.45, 7) is 2.86. The number of aromatic amines is 1. The maximum atomic E-state index is 13.9. The van der Waals surface area contributed by atoms with Gasteiger partial charge in [-0.15, -0.1) is 0 Å². The summed E-state index contributed by atoms with van der Waals surface area (Å²) in [5.41, 5.74) is 7.15. The quantitative estimate of drug-likeness (QED) is 0.198. The molecule has 50 heavy (non-hydrogen) atoms. The van der Waals surface area contributed by atoms with Gasteiger partial charge in [0.05, 0.1) is 24.1 Å². The molecule has 2 aromatic carbocycles. The number of ether oxygens (including phenoxy) is 1. The van der Waals surface area contributed by atoms with Gasteiger partial charge in [-0.1, -0.05) is 30.3 Å². The molecule has 11 heteroatoms. The number of carbonyl (C=O) groups excluding carboxylic acids is 2. The number of amides is 2. The molecule has 1 saturated heterocycles. The van der Waals surface area contributed by atoms with Gasteiger partial charge >= 0.3 is 0 Å². The van der Waals surface area contributed by atoms with E-state index >= 15 is 0 Å². The van der Waals surface area contributed by atoms with Crippen molar-refractivity contribution in [1.82, 2.24) is 34.9 Å². The minimum absolute atomic E-state index is 0.0735. The Morgan fingerprint density at radius 1 is 0.960 bits per heavy atom. The molecule has 0 radical (unpaired) electrons. The van der Waals surface area contributed by atoms with E-state index in [1.54, 1.807) is 19.5 Å². The highest BCUT2D eigenvalue weighted by Crippen LogP contribution is 2.40. The van der Waals surface area contributed by atoms with Gasteiger partial charge in [0.25, 0.3) is 0 Å². The first kappa shape index (κ1) is 32.0. The Bertz CT molecular complexity index is 2060. The molecule has 0 unspecified atom stereocenters. The Balaban J connectivity index is 0.899. The molecular weight excluding hydrogens is 628 g/mol. The molecule has 2 N–H and O–H groups in total. The number of hydrogen-bond acceptors (Lipinski definition) is 8. The fraction of sp³-hybridized carbons (Fsp3) is 0.333. The Hall–Kier alpha value is -5.26. The Kier molecular flexibility index (Phi) is 8.68. The number of likely N-dealkylation sites (tertiary alicyclic amines) is 1. The number of aromatic nitrogens is 5. The summed E-state index contributed by atoms with van der Waals surface area (Å²) < 4.78 is 5.60. The summed E-state index contributed by atoms with van der Waals surface area (Å²) in [7, 11) is 1.62. The molecule has 1 atom stereocenters. The van der Waals surface area contributed by atoms with Crippen LogP contribution in [0.4, 0.5) is 5.69 Å². The van der Waals surface area contributed by atoms with Gasteiger partial charge in [0.15, 0.2) is 5.82 Å². The summed E-state index contributed by atoms with van der Waals surface area (Å²) in [6.07, 6.45) is 11.2. The molecule has 2 aliphatic heterocycles. The van der Waals surface area contributed by atoms with Gasteiger partial charge in [-0.2, -0.15) is 5.10 Å². The van der Waals surface area contributed by atoms with Gasteiger partial charge < -0.3 is 15.0 Å². The third-order valence-electron chi connectivity index (χ3n) is 10.2. The van der Waals surface area contributed by atoms with E-state index in [9.17, 15) is 9.59 Å². The number of methoxy groups -OCH3 is 1. The van der Waals surface area contributed by atoms with E-state index in [2.05, 4.69) is 59.6 Å². The van der Waals surface area contributed by atoms with Crippen LogP contribution in [0.15, 0.2) is 85.3 Å². The van der Waals surface area contributed by atoms with E-state index in [1.165, 1.54) is 18.4 Å². The summed E-state index contributed by atoms with van der Waals surface area (Å²) in [4.78, 5) is 44.6. The van der Waals surface area contributed by atoms with E-state index in [4.69, 9.17) is 4.74 Å². The van der Waals surface area contributed by atoms with Crippen LogP contribution in [0.2, 0.25) is 0 Å². The first-order valence-electron chi connectivity index (χ1n) is 17.3. The predicted molar refractivity (Wildman–Crippen MR) is 192 cm³/mol. The van der Waals surface area contributed by atoms with Gasteiger partial charge in [-0.3, -0.25) is 24.6 Å². The summed E-state index contributed by atoms with van der Waals surface area (Å²) in [6, 6.07) is 20.0. The zero-order chi connectivity index (χ0) is 34.1. The minimum Gasteiger partial charge on any atom is -0.384 e. The molecule has 254 valence electrons. The molecular formula is C39H40N8O3. The number of nitrogens with one attached hydrogen (secondary N) is 2. The van der Waals surface area contributed by atoms with Crippen LogP contribution in [0.1, 0.15) is 42.9 Å². The third-order valence-corrected chi connectivity index (χ3v) is 10.2. The number of pyridine rings is 1. The fourth-order valence-corrected chi connectivity index (χ4v) is 7.24. The highest BCUT2D eigenvalue weighted by Gasteiger charge is 2.45. The van der Waals surface area contributed by atoms with Crippen molar-refractivity contribution in [2.75, 3.05) is 51.8 Å². The Labute approximate surface area is 290 Å². The number of rotatable bonds is 10. The van der Waals surface area contributed by atoms with Gasteiger partial charge in [0, 0.05) is 79.1 Å². The molecule has 8 rings (SSSR count). The SMILES string of the molecule is COC[C@@]1(C(=O)Nc2ccc3[nH]nc(-c4ccnc(C5CC5)c4)c3c2)CCN(CC(=O)N2CC=C(c3ccc(-c4ncccn4)cc3)CC2)C1. The topological polar surface area (TPSA) is 129 Å². The smallest absolute Gasteiger partial charge is 0.237 e. The zero-order valence-electron chi connectivity index (χ0n) is 28.1. The lowest BCUT2D eigenvalue weighted by molar-refractivity contribution is -0.133. The largest absolute Gasteiger partial charge is 0.384 e. The number of anilines is 1. The van der Waals surface area contributed by atoms with Gasteiger partial charge in [0.1, 0.15) is 5.69 Å². The lowest BCUT2D eigenvalue weighted by Crippen LogP contribution is -2.45. The van der Waals surface area contributed by atoms with Crippen molar-refractivity contribution in [3.63, 3.8) is 0 Å². The second-order valence-corrected chi connectivity index (χ2v) is 13.7. The van der Waals surface area contributed by atoms with Crippen molar-refractivity contribution in [3.8, 4) is 22.6 Å². The van der Waals surface area contributed by atoms with Crippen LogP contribution in [-0.4, -0.2) is 93.2 Å². The van der Waals surface area contributed by atoms with Crippen LogP contribution in [0.3, 0.4) is 0 Å². The zero-order valence-corrected chi connectivity index (χ0v) is 28.1. The van der Waals surface area contributed by atoms with E-state index in [0.717, 1.165) is 45.4 Å². The van der Waals surface area contributed by atoms with Crippen LogP contribution in [0, 0.1) is 5.41 Å². The molecule has 1 saturated carbocycles. The standard InChI is InChI=1S/C39H40N8O3/c1-50-25-39(38(49)43-31-9-10-33-32(22-31)36(45-44-33)30-11-17-40-34(21-30)28-5-6-28)14-20-46(24-39)23-35(48)47-18-12-27(13-19-47)26-3-7-29(8-4-26)37-41-15-2-16-42-37/h2-4,7-12,15-17,21-22,28H,5-6,13-14,18-20,23-25H2,1H3,(H,43,49)(H,44,45)/t39-/m1/s1. The molecule has 5 heterocycles. The van der Waals surface area contributed by atoms with Crippen molar-refractivity contribution >= 4 is 34.0 Å². The number of benzene rings is 2. The van der Waals surface area contributed by atoms with Crippen molar-refractivity contribution in [2.45, 2.75) is 31.6 Å². The summed E-state index contributed by atoms with van der Waals surface area (Å²) in [5.74, 6) is 1.22. The summed E-state index contributed by atoms with van der Waals surface area (Å²) >= 11 is 0. The van der Waals surface area contributed by atoms with E-state index < -0.39 is 5.41 Å².